The van der Waals surface area contributed by atoms with Gasteiger partial charge in [-0.2, -0.15) is 0 Å². The van der Waals surface area contributed by atoms with Crippen molar-refractivity contribution in [2.75, 3.05) is 6.61 Å². The summed E-state index contributed by atoms with van der Waals surface area (Å²) in [7, 11) is 0. The zero-order valence-corrected chi connectivity index (χ0v) is 17.6. The molecule has 0 aromatic heterocycles. The molecular formula is C26H26O5. The molecule has 4 atom stereocenters. The van der Waals surface area contributed by atoms with Gasteiger partial charge in [0.15, 0.2) is 0 Å². The van der Waals surface area contributed by atoms with Crippen LogP contribution in [-0.2, 0) is 19.0 Å². The van der Waals surface area contributed by atoms with Crippen molar-refractivity contribution in [3.05, 3.63) is 71.8 Å². The Balaban J connectivity index is 1.28. The van der Waals surface area contributed by atoms with Gasteiger partial charge in [0.1, 0.15) is 18.8 Å². The second-order valence-corrected chi connectivity index (χ2v) is 8.93. The molecule has 0 amide bonds. The van der Waals surface area contributed by atoms with E-state index >= 15 is 0 Å². The van der Waals surface area contributed by atoms with Crippen molar-refractivity contribution in [2.24, 2.45) is 5.92 Å². The smallest absolute Gasteiger partial charge is 0.338 e. The lowest BCUT2D eigenvalue weighted by Crippen LogP contribution is -2.29. The van der Waals surface area contributed by atoms with Gasteiger partial charge in [-0.05, 0) is 61.1 Å². The maximum absolute atomic E-state index is 12.6. The van der Waals surface area contributed by atoms with E-state index in [0.29, 0.717) is 11.1 Å². The summed E-state index contributed by atoms with van der Waals surface area (Å²) < 4.78 is 17.2. The third-order valence-corrected chi connectivity index (χ3v) is 6.81. The van der Waals surface area contributed by atoms with E-state index in [1.54, 1.807) is 6.07 Å². The summed E-state index contributed by atoms with van der Waals surface area (Å²) in [4.78, 5) is 24.7. The molecule has 160 valence electrons. The SMILES string of the molecule is C=C1C(=O)O[C@H]2[C@H]1CC/C(COC(=O)c1ccc3ccccc3c1)=C/CC[C@@]1(C)O[C@@H]21. The van der Waals surface area contributed by atoms with E-state index in [-0.39, 0.29) is 42.3 Å². The Bertz CT molecular complexity index is 1100. The predicted molar refractivity (Wildman–Crippen MR) is 117 cm³/mol. The molecule has 0 N–H and O–H groups in total. The molecule has 2 aromatic rings. The van der Waals surface area contributed by atoms with Gasteiger partial charge in [0.2, 0.25) is 0 Å². The van der Waals surface area contributed by atoms with Crippen LogP contribution in [0.1, 0.15) is 43.0 Å². The number of hydrogen-bond acceptors (Lipinski definition) is 5. The van der Waals surface area contributed by atoms with Crippen LogP contribution in [0.4, 0.5) is 0 Å². The number of allylic oxidation sites excluding steroid dienone is 1. The monoisotopic (exact) mass is 418 g/mol. The van der Waals surface area contributed by atoms with Crippen molar-refractivity contribution in [3.8, 4) is 0 Å². The van der Waals surface area contributed by atoms with Crippen LogP contribution in [0.2, 0.25) is 0 Å². The molecule has 0 bridgehead atoms. The first-order valence-corrected chi connectivity index (χ1v) is 10.9. The van der Waals surface area contributed by atoms with Crippen LogP contribution in [0.15, 0.2) is 66.3 Å². The normalized spacial score (nSPS) is 31.8. The molecule has 5 heteroatoms. The average Bonchev–Trinajstić information content (AvgIpc) is 3.37. The third kappa shape index (κ3) is 3.79. The number of carbonyl (C=O) groups is 2. The number of fused-ring (bicyclic) bond motifs is 4. The first-order valence-electron chi connectivity index (χ1n) is 10.9. The van der Waals surface area contributed by atoms with Crippen molar-refractivity contribution >= 4 is 22.7 Å². The minimum absolute atomic E-state index is 0.0543. The molecule has 5 nitrogen and oxygen atoms in total. The maximum Gasteiger partial charge on any atom is 0.338 e. The Morgan fingerprint density at radius 3 is 2.87 bits per heavy atom. The van der Waals surface area contributed by atoms with Crippen LogP contribution >= 0.6 is 0 Å². The highest BCUT2D eigenvalue weighted by Gasteiger charge is 2.61. The van der Waals surface area contributed by atoms with Gasteiger partial charge in [-0.3, -0.25) is 0 Å². The lowest BCUT2D eigenvalue weighted by molar-refractivity contribution is -0.140. The lowest BCUT2D eigenvalue weighted by atomic mass is 9.84. The van der Waals surface area contributed by atoms with Crippen LogP contribution in [0.25, 0.3) is 10.8 Å². The van der Waals surface area contributed by atoms with Crippen molar-refractivity contribution < 1.29 is 23.8 Å². The lowest BCUT2D eigenvalue weighted by Gasteiger charge is -2.20. The van der Waals surface area contributed by atoms with E-state index in [1.807, 2.05) is 36.4 Å². The highest BCUT2D eigenvalue weighted by atomic mass is 16.6. The van der Waals surface area contributed by atoms with Gasteiger partial charge < -0.3 is 14.2 Å². The molecule has 0 saturated carbocycles. The number of benzene rings is 2. The summed E-state index contributed by atoms with van der Waals surface area (Å²) in [5, 5.41) is 2.10. The van der Waals surface area contributed by atoms with Crippen molar-refractivity contribution in [1.82, 2.24) is 0 Å². The van der Waals surface area contributed by atoms with E-state index in [4.69, 9.17) is 14.2 Å². The van der Waals surface area contributed by atoms with E-state index in [1.165, 1.54) is 0 Å². The zero-order chi connectivity index (χ0) is 21.6. The van der Waals surface area contributed by atoms with Gasteiger partial charge in [-0.15, -0.1) is 0 Å². The molecule has 2 aliphatic heterocycles. The van der Waals surface area contributed by atoms with E-state index < -0.39 is 0 Å². The van der Waals surface area contributed by atoms with Gasteiger partial charge in [0.05, 0.1) is 11.2 Å². The average molecular weight is 418 g/mol. The molecular weight excluding hydrogens is 392 g/mol. The summed E-state index contributed by atoms with van der Waals surface area (Å²) >= 11 is 0. The Labute approximate surface area is 181 Å². The molecule has 1 aliphatic carbocycles. The second-order valence-electron chi connectivity index (χ2n) is 8.93. The summed E-state index contributed by atoms with van der Waals surface area (Å²) in [5.74, 6) is -0.708. The first kappa shape index (κ1) is 20.0. The number of rotatable bonds is 3. The van der Waals surface area contributed by atoms with Crippen LogP contribution < -0.4 is 0 Å². The Kier molecular flexibility index (Phi) is 4.94. The predicted octanol–water partition coefficient (Wildman–Crippen LogP) is 4.75. The van der Waals surface area contributed by atoms with Gasteiger partial charge >= 0.3 is 11.9 Å². The highest BCUT2D eigenvalue weighted by Crippen LogP contribution is 2.49. The summed E-state index contributed by atoms with van der Waals surface area (Å²) in [6, 6.07) is 13.5. The van der Waals surface area contributed by atoms with Gasteiger partial charge in [-0.1, -0.05) is 43.0 Å². The number of carbonyl (C=O) groups excluding carboxylic acids is 2. The molecule has 0 unspecified atom stereocenters. The van der Waals surface area contributed by atoms with Gasteiger partial charge in [-0.25, -0.2) is 9.59 Å². The molecule has 0 spiro atoms. The Morgan fingerprint density at radius 2 is 2.03 bits per heavy atom. The second kappa shape index (κ2) is 7.65. The van der Waals surface area contributed by atoms with Gasteiger partial charge in [0.25, 0.3) is 0 Å². The fourth-order valence-electron chi connectivity index (χ4n) is 4.81. The summed E-state index contributed by atoms with van der Waals surface area (Å²) in [5.41, 5.74) is 1.86. The molecule has 2 fully saturated rings. The number of hydrogen-bond donors (Lipinski definition) is 0. The number of epoxide rings is 1. The van der Waals surface area contributed by atoms with Crippen molar-refractivity contribution in [3.63, 3.8) is 0 Å². The van der Waals surface area contributed by atoms with Crippen molar-refractivity contribution in [2.45, 2.75) is 50.4 Å². The molecule has 2 aromatic carbocycles. The standard InChI is InChI=1S/C26H26O5/c1-16-21-12-9-17(6-5-13-26(2)23(31-26)22(21)30-24(16)27)15-29-25(28)20-11-10-18-7-3-4-8-19(18)14-20/h3-4,6-8,10-11,14,21-23H,1,5,9,12-13,15H2,2H3/b17-6-/t21-,22-,23-,26+/m0/s1. The van der Waals surface area contributed by atoms with Crippen LogP contribution in [0, 0.1) is 5.92 Å². The Morgan fingerprint density at radius 1 is 1.23 bits per heavy atom. The van der Waals surface area contributed by atoms with Crippen molar-refractivity contribution in [1.29, 1.82) is 0 Å². The topological polar surface area (TPSA) is 65.1 Å². The fraction of sp³-hybridized carbons (Fsp3) is 0.385. The van der Waals surface area contributed by atoms with E-state index in [0.717, 1.165) is 42.0 Å². The van der Waals surface area contributed by atoms with Crippen LogP contribution in [-0.4, -0.2) is 36.4 Å². The molecule has 2 saturated heterocycles. The van der Waals surface area contributed by atoms with Gasteiger partial charge in [0, 0.05) is 11.5 Å². The molecule has 2 heterocycles. The fourth-order valence-corrected chi connectivity index (χ4v) is 4.81. The van der Waals surface area contributed by atoms with E-state index in [9.17, 15) is 9.59 Å². The zero-order valence-electron chi connectivity index (χ0n) is 17.6. The summed E-state index contributed by atoms with van der Waals surface area (Å²) in [6.07, 6.45) is 4.97. The highest BCUT2D eigenvalue weighted by molar-refractivity contribution is 5.95. The van der Waals surface area contributed by atoms with E-state index in [2.05, 4.69) is 19.6 Å². The minimum Gasteiger partial charge on any atom is -0.458 e. The molecule has 5 rings (SSSR count). The third-order valence-electron chi connectivity index (χ3n) is 6.81. The Hall–Kier alpha value is -2.92. The number of esters is 2. The molecule has 0 radical (unpaired) electrons. The minimum atomic E-state index is -0.331. The maximum atomic E-state index is 12.6. The summed E-state index contributed by atoms with van der Waals surface area (Å²) in [6.45, 7) is 6.26. The van der Waals surface area contributed by atoms with Crippen LogP contribution in [0.3, 0.4) is 0 Å². The largest absolute Gasteiger partial charge is 0.458 e. The first-order chi connectivity index (χ1) is 14.9. The molecule has 3 aliphatic rings. The van der Waals surface area contributed by atoms with Crippen LogP contribution in [0.5, 0.6) is 0 Å². The molecule has 31 heavy (non-hydrogen) atoms. The quantitative estimate of drug-likeness (QED) is 0.311. The number of ether oxygens (including phenoxy) is 3.